The number of benzene rings is 1. The van der Waals surface area contributed by atoms with Crippen LogP contribution in [0.4, 0.5) is 4.79 Å². The number of imide groups is 1. The van der Waals surface area contributed by atoms with Crippen LogP contribution >= 0.6 is 22.6 Å². The van der Waals surface area contributed by atoms with Crippen molar-refractivity contribution in [2.75, 3.05) is 20.8 Å². The standard InChI is InChI=1S/C20H16IN3O7/c1-28-16-9-11(7-13(21)17(16)30-6-5-22)8-14-18(25)24(20(27)23-14)10-12-3-4-15(31-12)19(26)29-2/h3-4,7-9H,6,10H2,1-2H3,(H,23,27)/b14-8-. The second-order valence-electron chi connectivity index (χ2n) is 6.12. The van der Waals surface area contributed by atoms with Crippen molar-refractivity contribution in [1.82, 2.24) is 10.2 Å². The average molecular weight is 537 g/mol. The molecule has 0 spiro atoms. The van der Waals surface area contributed by atoms with E-state index in [0.717, 1.165) is 4.90 Å². The van der Waals surface area contributed by atoms with Crippen LogP contribution in [0, 0.1) is 14.9 Å². The third-order valence-electron chi connectivity index (χ3n) is 4.17. The normalized spacial score (nSPS) is 14.4. The molecule has 10 nitrogen and oxygen atoms in total. The number of rotatable bonds is 7. The quantitative estimate of drug-likeness (QED) is 0.247. The number of nitrogens with one attached hydrogen (secondary N) is 1. The molecule has 1 fully saturated rings. The molecule has 0 aliphatic carbocycles. The Balaban J connectivity index is 1.81. The first-order chi connectivity index (χ1) is 14.9. The Labute approximate surface area is 190 Å². The van der Waals surface area contributed by atoms with E-state index in [9.17, 15) is 14.4 Å². The second-order valence-corrected chi connectivity index (χ2v) is 7.28. The van der Waals surface area contributed by atoms with Crippen LogP contribution in [0.2, 0.25) is 0 Å². The van der Waals surface area contributed by atoms with E-state index in [1.54, 1.807) is 12.1 Å². The number of ether oxygens (including phenoxy) is 3. The summed E-state index contributed by atoms with van der Waals surface area (Å²) in [6.07, 6.45) is 1.50. The first-order valence-electron chi connectivity index (χ1n) is 8.76. The Kier molecular flexibility index (Phi) is 6.81. The van der Waals surface area contributed by atoms with Crippen molar-refractivity contribution < 1.29 is 33.0 Å². The molecule has 31 heavy (non-hydrogen) atoms. The lowest BCUT2D eigenvalue weighted by molar-refractivity contribution is -0.123. The van der Waals surface area contributed by atoms with Gasteiger partial charge in [0.05, 0.1) is 24.3 Å². The van der Waals surface area contributed by atoms with Gasteiger partial charge < -0.3 is 23.9 Å². The number of esters is 1. The molecule has 2 heterocycles. The summed E-state index contributed by atoms with van der Waals surface area (Å²) in [5.41, 5.74) is 0.648. The fourth-order valence-electron chi connectivity index (χ4n) is 2.78. The SMILES string of the molecule is COC(=O)c1ccc(CN2C(=O)N/C(=C\c3cc(I)c(OCC#N)c(OC)c3)C2=O)o1. The first-order valence-corrected chi connectivity index (χ1v) is 9.84. The molecule has 160 valence electrons. The zero-order valence-electron chi connectivity index (χ0n) is 16.4. The van der Waals surface area contributed by atoms with Gasteiger partial charge in [-0.15, -0.1) is 0 Å². The van der Waals surface area contributed by atoms with Crippen molar-refractivity contribution in [1.29, 1.82) is 5.26 Å². The maximum Gasteiger partial charge on any atom is 0.373 e. The topological polar surface area (TPSA) is 131 Å². The molecule has 0 radical (unpaired) electrons. The van der Waals surface area contributed by atoms with Gasteiger partial charge in [0, 0.05) is 0 Å². The number of carbonyl (C=O) groups excluding carboxylic acids is 3. The smallest absolute Gasteiger partial charge is 0.373 e. The van der Waals surface area contributed by atoms with Gasteiger partial charge in [-0.25, -0.2) is 9.59 Å². The highest BCUT2D eigenvalue weighted by atomic mass is 127. The van der Waals surface area contributed by atoms with Gasteiger partial charge in [-0.3, -0.25) is 9.69 Å². The number of hydrogen-bond acceptors (Lipinski definition) is 8. The van der Waals surface area contributed by atoms with Crippen LogP contribution in [0.25, 0.3) is 6.08 Å². The highest BCUT2D eigenvalue weighted by molar-refractivity contribution is 14.1. The molecule has 1 aromatic heterocycles. The summed E-state index contributed by atoms with van der Waals surface area (Å²) in [5.74, 6) is -0.196. The number of urea groups is 1. The maximum atomic E-state index is 12.7. The fraction of sp³-hybridized carbons (Fsp3) is 0.200. The van der Waals surface area contributed by atoms with E-state index in [-0.39, 0.29) is 30.4 Å². The molecule has 1 saturated heterocycles. The highest BCUT2D eigenvalue weighted by Gasteiger charge is 2.34. The van der Waals surface area contributed by atoms with E-state index in [1.807, 2.05) is 28.7 Å². The van der Waals surface area contributed by atoms with Crippen LogP contribution in [0.1, 0.15) is 21.9 Å². The van der Waals surface area contributed by atoms with Crippen molar-refractivity contribution in [3.8, 4) is 17.6 Å². The number of nitrogens with zero attached hydrogens (tertiary/aromatic N) is 2. The number of furan rings is 1. The van der Waals surface area contributed by atoms with Crippen LogP contribution in [-0.2, 0) is 16.1 Å². The van der Waals surface area contributed by atoms with E-state index in [2.05, 4.69) is 10.1 Å². The van der Waals surface area contributed by atoms with Crippen LogP contribution in [0.3, 0.4) is 0 Å². The van der Waals surface area contributed by atoms with E-state index in [1.165, 1.54) is 32.4 Å². The number of hydrogen-bond donors (Lipinski definition) is 1. The van der Waals surface area contributed by atoms with Crippen LogP contribution < -0.4 is 14.8 Å². The number of nitriles is 1. The third-order valence-corrected chi connectivity index (χ3v) is 4.97. The van der Waals surface area contributed by atoms with E-state index < -0.39 is 17.9 Å². The van der Waals surface area contributed by atoms with Crippen molar-refractivity contribution in [2.24, 2.45) is 0 Å². The lowest BCUT2D eigenvalue weighted by Crippen LogP contribution is -2.30. The molecule has 1 aliphatic heterocycles. The molecular formula is C20H16IN3O7. The largest absolute Gasteiger partial charge is 0.493 e. The summed E-state index contributed by atoms with van der Waals surface area (Å²) in [7, 11) is 2.68. The molecule has 1 N–H and O–H groups in total. The van der Waals surface area contributed by atoms with Gasteiger partial charge in [0.15, 0.2) is 18.1 Å². The molecule has 0 bridgehead atoms. The molecule has 1 aliphatic rings. The molecule has 2 aromatic rings. The van der Waals surface area contributed by atoms with Crippen molar-refractivity contribution in [3.05, 3.63) is 50.6 Å². The summed E-state index contributed by atoms with van der Waals surface area (Å²) in [6.45, 7) is -0.290. The minimum Gasteiger partial charge on any atom is -0.493 e. The van der Waals surface area contributed by atoms with Crippen molar-refractivity contribution in [2.45, 2.75) is 6.54 Å². The Morgan fingerprint density at radius 3 is 2.77 bits per heavy atom. The van der Waals surface area contributed by atoms with Gasteiger partial charge in [-0.05, 0) is 58.5 Å². The number of methoxy groups -OCH3 is 2. The Bertz CT molecular complexity index is 1120. The monoisotopic (exact) mass is 537 g/mol. The van der Waals surface area contributed by atoms with E-state index in [0.29, 0.717) is 20.6 Å². The van der Waals surface area contributed by atoms with E-state index >= 15 is 0 Å². The summed E-state index contributed by atoms with van der Waals surface area (Å²) in [5, 5.41) is 11.2. The summed E-state index contributed by atoms with van der Waals surface area (Å²) >= 11 is 2.02. The lowest BCUT2D eigenvalue weighted by Gasteiger charge is -2.12. The lowest BCUT2D eigenvalue weighted by atomic mass is 10.1. The van der Waals surface area contributed by atoms with Gasteiger partial charge >= 0.3 is 12.0 Å². The highest BCUT2D eigenvalue weighted by Crippen LogP contribution is 2.34. The molecule has 3 rings (SSSR count). The minimum absolute atomic E-state index is 0.0271. The van der Waals surface area contributed by atoms with Gasteiger partial charge in [0.25, 0.3) is 5.91 Å². The molecule has 1 aromatic carbocycles. The zero-order valence-corrected chi connectivity index (χ0v) is 18.6. The summed E-state index contributed by atoms with van der Waals surface area (Å²) in [6, 6.07) is 7.51. The first kappa shape index (κ1) is 22.2. The maximum absolute atomic E-state index is 12.7. The predicted octanol–water partition coefficient (Wildman–Crippen LogP) is 2.67. The van der Waals surface area contributed by atoms with Crippen LogP contribution in [-0.4, -0.2) is 43.6 Å². The molecular weight excluding hydrogens is 521 g/mol. The molecule has 0 unspecified atom stereocenters. The fourth-order valence-corrected chi connectivity index (χ4v) is 3.56. The zero-order chi connectivity index (χ0) is 22.5. The Morgan fingerprint density at radius 1 is 1.32 bits per heavy atom. The van der Waals surface area contributed by atoms with Crippen molar-refractivity contribution >= 4 is 46.6 Å². The second kappa shape index (κ2) is 9.52. The number of amides is 3. The number of halogens is 1. The number of carbonyl (C=O) groups is 3. The van der Waals surface area contributed by atoms with Crippen molar-refractivity contribution in [3.63, 3.8) is 0 Å². The molecule has 0 saturated carbocycles. The molecule has 11 heteroatoms. The van der Waals surface area contributed by atoms with Gasteiger partial charge in [0.1, 0.15) is 17.5 Å². The van der Waals surface area contributed by atoms with Crippen LogP contribution in [0.15, 0.2) is 34.4 Å². The third kappa shape index (κ3) is 4.80. The predicted molar refractivity (Wildman–Crippen MR) is 114 cm³/mol. The van der Waals surface area contributed by atoms with Crippen LogP contribution in [0.5, 0.6) is 11.5 Å². The van der Waals surface area contributed by atoms with Gasteiger partial charge in [-0.1, -0.05) is 0 Å². The Morgan fingerprint density at radius 2 is 2.10 bits per heavy atom. The van der Waals surface area contributed by atoms with Gasteiger partial charge in [-0.2, -0.15) is 5.26 Å². The summed E-state index contributed by atoms with van der Waals surface area (Å²) in [4.78, 5) is 37.5. The molecule has 3 amide bonds. The van der Waals surface area contributed by atoms with Gasteiger partial charge in [0.2, 0.25) is 5.76 Å². The molecule has 0 atom stereocenters. The summed E-state index contributed by atoms with van der Waals surface area (Å²) < 4.78 is 21.2. The average Bonchev–Trinajstić information content (AvgIpc) is 3.32. The van der Waals surface area contributed by atoms with E-state index in [4.69, 9.17) is 19.2 Å². The Hall–Kier alpha value is -3.53. The minimum atomic E-state index is -0.658.